The second-order valence-corrected chi connectivity index (χ2v) is 6.04. The summed E-state index contributed by atoms with van der Waals surface area (Å²) in [7, 11) is 0. The van der Waals surface area contributed by atoms with E-state index >= 15 is 0 Å². The van der Waals surface area contributed by atoms with Gasteiger partial charge in [0.05, 0.1) is 4.34 Å². The molecule has 2 aromatic rings. The smallest absolute Gasteiger partial charge is 0.142 e. The SMILES string of the molecule is O=C(Cc1ccc(Cl)s1)Cc1ccc(F)cc1Cl. The zero-order valence-electron chi connectivity index (χ0n) is 9.25. The van der Waals surface area contributed by atoms with Crippen LogP contribution in [0.4, 0.5) is 4.39 Å². The van der Waals surface area contributed by atoms with Crippen LogP contribution in [0.25, 0.3) is 0 Å². The molecule has 0 fully saturated rings. The summed E-state index contributed by atoms with van der Waals surface area (Å²) in [6.07, 6.45) is 0.528. The number of carbonyl (C=O) groups is 1. The van der Waals surface area contributed by atoms with Crippen LogP contribution in [0.3, 0.4) is 0 Å². The van der Waals surface area contributed by atoms with E-state index in [4.69, 9.17) is 23.2 Å². The highest BCUT2D eigenvalue weighted by Crippen LogP contribution is 2.23. The maximum Gasteiger partial charge on any atom is 0.142 e. The molecule has 18 heavy (non-hydrogen) atoms. The van der Waals surface area contributed by atoms with Crippen molar-refractivity contribution in [2.24, 2.45) is 0 Å². The predicted molar refractivity (Wildman–Crippen MR) is 73.2 cm³/mol. The van der Waals surface area contributed by atoms with Crippen LogP contribution in [-0.4, -0.2) is 5.78 Å². The third-order valence-corrected chi connectivity index (χ3v) is 3.99. The highest BCUT2D eigenvalue weighted by atomic mass is 35.5. The fourth-order valence-electron chi connectivity index (χ4n) is 1.58. The highest BCUT2D eigenvalue weighted by Gasteiger charge is 2.10. The van der Waals surface area contributed by atoms with Gasteiger partial charge in [-0.3, -0.25) is 4.79 Å². The molecule has 0 spiro atoms. The van der Waals surface area contributed by atoms with Crippen molar-refractivity contribution in [3.05, 3.63) is 55.9 Å². The largest absolute Gasteiger partial charge is 0.299 e. The number of carbonyl (C=O) groups excluding carboxylic acids is 1. The Morgan fingerprint density at radius 3 is 2.56 bits per heavy atom. The average Bonchev–Trinajstić information content (AvgIpc) is 2.68. The first kappa shape index (κ1) is 13.5. The second kappa shape index (κ2) is 5.83. The fraction of sp³-hybridized carbons (Fsp3) is 0.154. The summed E-state index contributed by atoms with van der Waals surface area (Å²) in [5, 5.41) is 0.285. The van der Waals surface area contributed by atoms with E-state index in [0.717, 1.165) is 4.88 Å². The molecule has 0 N–H and O–H groups in total. The summed E-state index contributed by atoms with van der Waals surface area (Å²) in [6.45, 7) is 0. The Bertz CT molecular complexity index is 580. The van der Waals surface area contributed by atoms with Gasteiger partial charge in [0.1, 0.15) is 11.6 Å². The van der Waals surface area contributed by atoms with Crippen LogP contribution in [0.15, 0.2) is 30.3 Å². The van der Waals surface area contributed by atoms with Gasteiger partial charge in [-0.2, -0.15) is 0 Å². The summed E-state index contributed by atoms with van der Waals surface area (Å²) < 4.78 is 13.5. The Morgan fingerprint density at radius 1 is 1.17 bits per heavy atom. The molecule has 94 valence electrons. The van der Waals surface area contributed by atoms with Crippen molar-refractivity contribution in [3.8, 4) is 0 Å². The van der Waals surface area contributed by atoms with E-state index in [1.54, 1.807) is 6.07 Å². The van der Waals surface area contributed by atoms with Crippen LogP contribution in [0.5, 0.6) is 0 Å². The van der Waals surface area contributed by atoms with E-state index in [-0.39, 0.29) is 17.2 Å². The molecule has 5 heteroatoms. The van der Waals surface area contributed by atoms with Gasteiger partial charge in [0.2, 0.25) is 0 Å². The summed E-state index contributed by atoms with van der Waals surface area (Å²) >= 11 is 13.0. The van der Waals surface area contributed by atoms with Crippen molar-refractivity contribution in [2.75, 3.05) is 0 Å². The van der Waals surface area contributed by atoms with E-state index in [2.05, 4.69) is 0 Å². The van der Waals surface area contributed by atoms with Gasteiger partial charge >= 0.3 is 0 Å². The lowest BCUT2D eigenvalue weighted by Gasteiger charge is -2.03. The molecule has 0 unspecified atom stereocenters. The fourth-order valence-corrected chi connectivity index (χ4v) is 2.93. The van der Waals surface area contributed by atoms with Crippen LogP contribution in [0, 0.1) is 5.82 Å². The minimum absolute atomic E-state index is 0.0297. The first-order chi connectivity index (χ1) is 8.54. The molecular formula is C13H9Cl2FOS. The van der Waals surface area contributed by atoms with Crippen molar-refractivity contribution >= 4 is 40.3 Å². The lowest BCUT2D eigenvalue weighted by Crippen LogP contribution is -2.06. The van der Waals surface area contributed by atoms with Gasteiger partial charge in [-0.15, -0.1) is 11.3 Å². The number of halogens is 3. The van der Waals surface area contributed by atoms with E-state index in [0.29, 0.717) is 16.3 Å². The molecule has 1 aromatic heterocycles. The highest BCUT2D eigenvalue weighted by molar-refractivity contribution is 7.16. The summed E-state index contributed by atoms with van der Waals surface area (Å²) in [6, 6.07) is 7.65. The van der Waals surface area contributed by atoms with Gasteiger partial charge in [0.15, 0.2) is 0 Å². The lowest BCUT2D eigenvalue weighted by atomic mass is 10.1. The van der Waals surface area contributed by atoms with Gasteiger partial charge in [-0.1, -0.05) is 29.3 Å². The number of thiophene rings is 1. The Morgan fingerprint density at radius 2 is 1.94 bits per heavy atom. The Balaban J connectivity index is 2.03. The quantitative estimate of drug-likeness (QED) is 0.810. The van der Waals surface area contributed by atoms with Crippen LogP contribution < -0.4 is 0 Å². The molecule has 0 atom stereocenters. The number of ketones is 1. The van der Waals surface area contributed by atoms with Gasteiger partial charge in [-0.25, -0.2) is 4.39 Å². The average molecular weight is 303 g/mol. The zero-order chi connectivity index (χ0) is 13.1. The van der Waals surface area contributed by atoms with E-state index in [1.807, 2.05) is 6.07 Å². The number of hydrogen-bond donors (Lipinski definition) is 0. The Kier molecular flexibility index (Phi) is 4.38. The van der Waals surface area contributed by atoms with E-state index in [9.17, 15) is 9.18 Å². The minimum atomic E-state index is -0.402. The van der Waals surface area contributed by atoms with Gasteiger partial charge in [0.25, 0.3) is 0 Å². The number of benzene rings is 1. The van der Waals surface area contributed by atoms with Crippen molar-refractivity contribution in [1.82, 2.24) is 0 Å². The summed E-state index contributed by atoms with van der Waals surface area (Å²) in [5.74, 6) is -0.372. The lowest BCUT2D eigenvalue weighted by molar-refractivity contribution is -0.117. The van der Waals surface area contributed by atoms with Crippen molar-refractivity contribution in [1.29, 1.82) is 0 Å². The summed E-state index contributed by atoms with van der Waals surface area (Å²) in [5.41, 5.74) is 0.644. The van der Waals surface area contributed by atoms with E-state index < -0.39 is 5.82 Å². The minimum Gasteiger partial charge on any atom is -0.299 e. The van der Waals surface area contributed by atoms with Crippen molar-refractivity contribution < 1.29 is 9.18 Å². The van der Waals surface area contributed by atoms with Crippen LogP contribution in [0.1, 0.15) is 10.4 Å². The van der Waals surface area contributed by atoms with Crippen molar-refractivity contribution in [2.45, 2.75) is 12.8 Å². The first-order valence-electron chi connectivity index (χ1n) is 5.24. The molecule has 0 saturated heterocycles. The zero-order valence-corrected chi connectivity index (χ0v) is 11.6. The van der Waals surface area contributed by atoms with Crippen LogP contribution in [0.2, 0.25) is 9.36 Å². The molecule has 1 aromatic carbocycles. The molecule has 0 aliphatic rings. The molecule has 2 rings (SSSR count). The van der Waals surface area contributed by atoms with Crippen LogP contribution in [-0.2, 0) is 17.6 Å². The molecule has 0 radical (unpaired) electrons. The molecule has 0 aliphatic carbocycles. The van der Waals surface area contributed by atoms with Gasteiger partial charge < -0.3 is 0 Å². The molecule has 1 heterocycles. The molecular weight excluding hydrogens is 294 g/mol. The molecule has 0 aliphatic heterocycles. The molecule has 0 amide bonds. The molecule has 1 nitrogen and oxygen atoms in total. The first-order valence-corrected chi connectivity index (χ1v) is 6.81. The Labute approximate surface area is 118 Å². The normalized spacial score (nSPS) is 10.6. The van der Waals surface area contributed by atoms with Crippen molar-refractivity contribution in [3.63, 3.8) is 0 Å². The van der Waals surface area contributed by atoms with Gasteiger partial charge in [0, 0.05) is 22.7 Å². The predicted octanol–water partition coefficient (Wildman–Crippen LogP) is 4.55. The van der Waals surface area contributed by atoms with Crippen LogP contribution >= 0.6 is 34.5 Å². The van der Waals surface area contributed by atoms with E-state index in [1.165, 1.54) is 29.5 Å². The molecule has 0 bridgehead atoms. The van der Waals surface area contributed by atoms with Gasteiger partial charge in [-0.05, 0) is 29.8 Å². The topological polar surface area (TPSA) is 17.1 Å². The number of Topliss-reactive ketones (excluding diaryl/α,β-unsaturated/α-hetero) is 1. The molecule has 0 saturated carbocycles. The second-order valence-electron chi connectivity index (χ2n) is 3.83. The number of rotatable bonds is 4. The third kappa shape index (κ3) is 3.55. The monoisotopic (exact) mass is 302 g/mol. The standard InChI is InChI=1S/C13H9Cl2FOS/c14-12-6-9(16)2-1-8(12)5-10(17)7-11-3-4-13(15)18-11/h1-4,6H,5,7H2. The number of hydrogen-bond acceptors (Lipinski definition) is 2. The summed E-state index contributed by atoms with van der Waals surface area (Å²) in [4.78, 5) is 12.8. The maximum absolute atomic E-state index is 12.9. The Hall–Kier alpha value is -0.900. The maximum atomic E-state index is 12.9. The third-order valence-electron chi connectivity index (χ3n) is 2.40.